The van der Waals surface area contributed by atoms with E-state index in [1.165, 1.54) is 23.9 Å². The maximum atomic E-state index is 13.1. The normalized spacial score (nSPS) is 14.3. The van der Waals surface area contributed by atoms with Crippen molar-refractivity contribution < 1.29 is 27.6 Å². The fraction of sp³-hybridized carbons (Fsp3) is 0.500. The molecule has 0 saturated carbocycles. The molecule has 172 valence electrons. The molecule has 0 bridgehead atoms. The Balaban J connectivity index is 1.94. The molecule has 2 unspecified atom stereocenters. The number of aromatic amines is 1. The van der Waals surface area contributed by atoms with Crippen LogP contribution in [0.3, 0.4) is 0 Å². The highest BCUT2D eigenvalue weighted by molar-refractivity contribution is 7.48. The Labute approximate surface area is 180 Å². The molecular weight excluding hydrogens is 427 g/mol. The highest BCUT2D eigenvalue weighted by Crippen LogP contribution is 2.50. The zero-order chi connectivity index (χ0) is 22.5. The fourth-order valence-corrected chi connectivity index (χ4v) is 3.80. The van der Waals surface area contributed by atoms with Gasteiger partial charge >= 0.3 is 13.5 Å². The van der Waals surface area contributed by atoms with Gasteiger partial charge in [-0.25, -0.2) is 9.36 Å². The summed E-state index contributed by atoms with van der Waals surface area (Å²) >= 11 is 0. The molecule has 1 aromatic carbocycles. The van der Waals surface area contributed by atoms with Gasteiger partial charge in [0, 0.05) is 39.6 Å². The Morgan fingerprint density at radius 1 is 1.03 bits per heavy atom. The summed E-state index contributed by atoms with van der Waals surface area (Å²) in [5.41, 5.74) is -0.149. The lowest BCUT2D eigenvalue weighted by Crippen LogP contribution is -2.30. The number of rotatable bonds is 15. The third-order valence-corrected chi connectivity index (χ3v) is 5.72. The third kappa shape index (κ3) is 9.30. The number of hydrogen-bond donors (Lipinski definition) is 1. The molecule has 0 amide bonds. The molecule has 0 radical (unpaired) electrons. The summed E-state index contributed by atoms with van der Waals surface area (Å²) in [6, 6.07) is 10.5. The van der Waals surface area contributed by atoms with E-state index < -0.39 is 25.2 Å². The van der Waals surface area contributed by atoms with Crippen LogP contribution in [0, 0.1) is 0 Å². The molecule has 0 aliphatic rings. The number of H-pyrrole nitrogens is 1. The molecule has 1 N–H and O–H groups in total. The van der Waals surface area contributed by atoms with E-state index in [1.54, 1.807) is 7.11 Å². The Hall–Kier alpha value is -2.07. The Morgan fingerprint density at radius 2 is 1.81 bits per heavy atom. The number of aryl methyl sites for hydroxylation is 1. The first-order valence-electron chi connectivity index (χ1n) is 9.85. The molecule has 31 heavy (non-hydrogen) atoms. The van der Waals surface area contributed by atoms with Gasteiger partial charge in [0.2, 0.25) is 0 Å². The molecule has 10 nitrogen and oxygen atoms in total. The lowest BCUT2D eigenvalue weighted by molar-refractivity contribution is 0.0227. The smallest absolute Gasteiger partial charge is 0.385 e. The van der Waals surface area contributed by atoms with Gasteiger partial charge in [-0.15, -0.1) is 0 Å². The average molecular weight is 456 g/mol. The van der Waals surface area contributed by atoms with Crippen LogP contribution in [0.4, 0.5) is 0 Å². The number of nitrogens with one attached hydrogen (secondary N) is 1. The molecule has 2 atom stereocenters. The van der Waals surface area contributed by atoms with Crippen molar-refractivity contribution in [1.82, 2.24) is 9.55 Å². The number of methoxy groups -OCH3 is 2. The van der Waals surface area contributed by atoms with Gasteiger partial charge in [-0.05, 0) is 18.4 Å². The molecule has 0 aliphatic heterocycles. The summed E-state index contributed by atoms with van der Waals surface area (Å²) in [6.45, 7) is 0.872. The second kappa shape index (κ2) is 13.4. The summed E-state index contributed by atoms with van der Waals surface area (Å²) < 4.78 is 41.2. The quantitative estimate of drug-likeness (QED) is 0.321. The second-order valence-electron chi connectivity index (χ2n) is 6.63. The number of ether oxygens (including phenoxy) is 2. The first-order valence-corrected chi connectivity index (χ1v) is 11.3. The van der Waals surface area contributed by atoms with Crippen LogP contribution in [0.5, 0.6) is 0 Å². The lowest BCUT2D eigenvalue weighted by atomic mass is 10.2. The van der Waals surface area contributed by atoms with E-state index in [1.807, 2.05) is 30.3 Å². The van der Waals surface area contributed by atoms with Crippen molar-refractivity contribution in [3.63, 3.8) is 0 Å². The van der Waals surface area contributed by atoms with E-state index in [-0.39, 0.29) is 26.4 Å². The minimum absolute atomic E-state index is 0.0623. The minimum atomic E-state index is -3.86. The van der Waals surface area contributed by atoms with Crippen molar-refractivity contribution in [3.8, 4) is 0 Å². The van der Waals surface area contributed by atoms with Gasteiger partial charge in [0.1, 0.15) is 0 Å². The predicted octanol–water partition coefficient (Wildman–Crippen LogP) is 2.34. The standard InChI is InChI=1S/C20H29N2O8P/c1-26-13-6-14-28-31(25,29-15-17-7-4-3-5-8-17)30-16-18(27-2)9-11-22-12-10-19(23)21-20(22)24/h3-5,7-8,10,12,18H,6,9,11,13-16H2,1-2H3,(H,21,23,24). The number of hydrogen-bond acceptors (Lipinski definition) is 8. The number of aromatic nitrogens is 2. The van der Waals surface area contributed by atoms with Gasteiger partial charge < -0.3 is 14.0 Å². The van der Waals surface area contributed by atoms with Gasteiger partial charge in [0.15, 0.2) is 0 Å². The highest BCUT2D eigenvalue weighted by Gasteiger charge is 2.28. The van der Waals surface area contributed by atoms with E-state index in [9.17, 15) is 14.2 Å². The maximum Gasteiger partial charge on any atom is 0.475 e. The van der Waals surface area contributed by atoms with Crippen LogP contribution in [-0.4, -0.2) is 49.7 Å². The van der Waals surface area contributed by atoms with Gasteiger partial charge in [-0.3, -0.25) is 23.3 Å². The van der Waals surface area contributed by atoms with Crippen LogP contribution in [0.25, 0.3) is 0 Å². The highest BCUT2D eigenvalue weighted by atomic mass is 31.2. The minimum Gasteiger partial charge on any atom is -0.385 e. The van der Waals surface area contributed by atoms with Gasteiger partial charge in [-0.1, -0.05) is 30.3 Å². The van der Waals surface area contributed by atoms with E-state index in [4.69, 9.17) is 23.0 Å². The predicted molar refractivity (Wildman–Crippen MR) is 114 cm³/mol. The zero-order valence-electron chi connectivity index (χ0n) is 17.7. The SMILES string of the molecule is COCCCOP(=O)(OCc1ccccc1)OCC(CCn1ccc(=O)[nH]c1=O)OC. The molecule has 0 aliphatic carbocycles. The van der Waals surface area contributed by atoms with Crippen molar-refractivity contribution >= 4 is 7.82 Å². The first-order chi connectivity index (χ1) is 15.0. The zero-order valence-corrected chi connectivity index (χ0v) is 18.6. The Morgan fingerprint density at radius 3 is 2.48 bits per heavy atom. The molecule has 1 aromatic heterocycles. The number of nitrogens with zero attached hydrogens (tertiary/aromatic N) is 1. The van der Waals surface area contributed by atoms with Crippen LogP contribution in [0.15, 0.2) is 52.2 Å². The summed E-state index contributed by atoms with van der Waals surface area (Å²) in [5.74, 6) is 0. The monoisotopic (exact) mass is 456 g/mol. The van der Waals surface area contributed by atoms with E-state index in [0.29, 0.717) is 19.4 Å². The Kier molecular flexibility index (Phi) is 10.9. The third-order valence-electron chi connectivity index (χ3n) is 4.32. The molecule has 0 saturated heterocycles. The van der Waals surface area contributed by atoms with E-state index in [2.05, 4.69) is 4.98 Å². The Bertz CT molecular complexity index is 931. The van der Waals surface area contributed by atoms with Crippen molar-refractivity contribution in [2.75, 3.05) is 34.0 Å². The summed E-state index contributed by atoms with van der Waals surface area (Å²) in [7, 11) is -0.802. The van der Waals surface area contributed by atoms with Gasteiger partial charge in [0.25, 0.3) is 5.56 Å². The van der Waals surface area contributed by atoms with Gasteiger partial charge in [0.05, 0.1) is 25.9 Å². The van der Waals surface area contributed by atoms with Crippen LogP contribution >= 0.6 is 7.82 Å². The fourth-order valence-electron chi connectivity index (χ4n) is 2.57. The van der Waals surface area contributed by atoms with Crippen molar-refractivity contribution in [3.05, 3.63) is 69.0 Å². The lowest BCUT2D eigenvalue weighted by Gasteiger charge is -2.21. The molecule has 2 rings (SSSR count). The first kappa shape index (κ1) is 25.2. The second-order valence-corrected chi connectivity index (χ2v) is 8.30. The average Bonchev–Trinajstić information content (AvgIpc) is 2.77. The van der Waals surface area contributed by atoms with E-state index >= 15 is 0 Å². The van der Waals surface area contributed by atoms with Crippen LogP contribution in [-0.2, 0) is 40.8 Å². The molecule has 0 spiro atoms. The molecule has 2 aromatic rings. The maximum absolute atomic E-state index is 13.1. The topological polar surface area (TPSA) is 118 Å². The van der Waals surface area contributed by atoms with Crippen LogP contribution < -0.4 is 11.2 Å². The largest absolute Gasteiger partial charge is 0.475 e. The summed E-state index contributed by atoms with van der Waals surface area (Å²) in [5, 5.41) is 0. The number of phosphoric ester groups is 1. The number of benzene rings is 1. The molecule has 1 heterocycles. The van der Waals surface area contributed by atoms with Crippen molar-refractivity contribution in [1.29, 1.82) is 0 Å². The molecule has 0 fully saturated rings. The number of phosphoric acid groups is 1. The molecule has 11 heteroatoms. The van der Waals surface area contributed by atoms with Crippen molar-refractivity contribution in [2.24, 2.45) is 0 Å². The summed E-state index contributed by atoms with van der Waals surface area (Å²) in [6.07, 6.45) is 1.84. The van der Waals surface area contributed by atoms with Crippen LogP contribution in [0.2, 0.25) is 0 Å². The summed E-state index contributed by atoms with van der Waals surface area (Å²) in [4.78, 5) is 25.1. The molecular formula is C20H29N2O8P. The van der Waals surface area contributed by atoms with Gasteiger partial charge in [-0.2, -0.15) is 0 Å². The van der Waals surface area contributed by atoms with Crippen LogP contribution in [0.1, 0.15) is 18.4 Å². The van der Waals surface area contributed by atoms with Crippen molar-refractivity contribution in [2.45, 2.75) is 32.1 Å². The van der Waals surface area contributed by atoms with E-state index in [0.717, 1.165) is 5.56 Å².